The van der Waals surface area contributed by atoms with E-state index in [9.17, 15) is 13.2 Å². The molecular formula is C15H20F3N5O. The van der Waals surface area contributed by atoms with Crippen LogP contribution in [-0.2, 0) is 19.3 Å². The third kappa shape index (κ3) is 4.59. The number of alkyl halides is 3. The molecule has 132 valence electrons. The van der Waals surface area contributed by atoms with Crippen LogP contribution in [-0.4, -0.2) is 26.8 Å². The normalized spacial score (nSPS) is 11.5. The van der Waals surface area contributed by atoms with Crippen LogP contribution in [0.2, 0.25) is 0 Å². The Kier molecular flexibility index (Phi) is 5.99. The highest BCUT2D eigenvalue weighted by Gasteiger charge is 2.31. The van der Waals surface area contributed by atoms with Gasteiger partial charge in [0.15, 0.2) is 5.82 Å². The van der Waals surface area contributed by atoms with E-state index in [0.717, 1.165) is 25.0 Å². The monoisotopic (exact) mass is 343 g/mol. The molecule has 0 aliphatic rings. The van der Waals surface area contributed by atoms with E-state index in [4.69, 9.17) is 4.74 Å². The largest absolute Gasteiger partial charge is 0.491 e. The molecule has 2 rings (SSSR count). The molecule has 0 bridgehead atoms. The summed E-state index contributed by atoms with van der Waals surface area (Å²) in [6.07, 6.45) is -2.80. The summed E-state index contributed by atoms with van der Waals surface area (Å²) in [6.45, 7) is 5.19. The number of tetrazole rings is 1. The van der Waals surface area contributed by atoms with Gasteiger partial charge in [-0.15, -0.1) is 5.10 Å². The van der Waals surface area contributed by atoms with Crippen molar-refractivity contribution in [2.24, 2.45) is 0 Å². The highest BCUT2D eigenvalue weighted by atomic mass is 19.4. The highest BCUT2D eigenvalue weighted by molar-refractivity contribution is 5.58. The number of benzene rings is 1. The third-order valence-corrected chi connectivity index (χ3v) is 3.25. The molecule has 1 aromatic carbocycles. The Balaban J connectivity index is 2.20. The van der Waals surface area contributed by atoms with Gasteiger partial charge in [-0.2, -0.15) is 13.2 Å². The fourth-order valence-corrected chi connectivity index (χ4v) is 2.09. The van der Waals surface area contributed by atoms with Gasteiger partial charge >= 0.3 is 6.18 Å². The summed E-state index contributed by atoms with van der Waals surface area (Å²) >= 11 is 0. The van der Waals surface area contributed by atoms with Gasteiger partial charge in [0.05, 0.1) is 24.4 Å². The molecule has 0 unspecified atom stereocenters. The van der Waals surface area contributed by atoms with Crippen molar-refractivity contribution in [1.82, 2.24) is 20.2 Å². The van der Waals surface area contributed by atoms with Gasteiger partial charge in [-0.25, -0.2) is 4.68 Å². The number of hydrogen-bond donors (Lipinski definition) is 1. The van der Waals surface area contributed by atoms with Crippen molar-refractivity contribution in [3.05, 3.63) is 29.6 Å². The number of nitrogens with zero attached hydrogens (tertiary/aromatic N) is 4. The van der Waals surface area contributed by atoms with Crippen LogP contribution < -0.4 is 10.1 Å². The van der Waals surface area contributed by atoms with Crippen LogP contribution in [0.25, 0.3) is 0 Å². The van der Waals surface area contributed by atoms with Crippen molar-refractivity contribution in [3.63, 3.8) is 0 Å². The first-order valence-electron chi connectivity index (χ1n) is 7.78. The fourth-order valence-electron chi connectivity index (χ4n) is 2.09. The summed E-state index contributed by atoms with van der Waals surface area (Å²) < 4.78 is 45.9. The summed E-state index contributed by atoms with van der Waals surface area (Å²) in [7, 11) is 0. The molecule has 0 fully saturated rings. The standard InChI is InChI=1S/C15H20F3N5O/c1-3-7-23-14(20-21-22-23)10-19-12-9-11(15(16,17)18)5-6-13(12)24-8-4-2/h5-6,9,19H,3-4,7-8,10H2,1-2H3. The lowest BCUT2D eigenvalue weighted by atomic mass is 10.1. The molecule has 24 heavy (non-hydrogen) atoms. The first-order valence-corrected chi connectivity index (χ1v) is 7.78. The van der Waals surface area contributed by atoms with E-state index in [-0.39, 0.29) is 12.2 Å². The minimum Gasteiger partial charge on any atom is -0.491 e. The lowest BCUT2D eigenvalue weighted by Gasteiger charge is -2.15. The maximum atomic E-state index is 12.9. The van der Waals surface area contributed by atoms with E-state index < -0.39 is 11.7 Å². The zero-order chi connectivity index (χ0) is 17.6. The average Bonchev–Trinajstić information content (AvgIpc) is 2.98. The van der Waals surface area contributed by atoms with E-state index in [0.29, 0.717) is 24.7 Å². The summed E-state index contributed by atoms with van der Waals surface area (Å²) in [5.74, 6) is 0.926. The molecule has 0 saturated carbocycles. The van der Waals surface area contributed by atoms with Crippen molar-refractivity contribution in [1.29, 1.82) is 0 Å². The molecule has 0 aliphatic carbocycles. The van der Waals surface area contributed by atoms with Crippen molar-refractivity contribution in [2.45, 2.75) is 46.0 Å². The summed E-state index contributed by atoms with van der Waals surface area (Å²) in [5.41, 5.74) is -0.466. The first-order chi connectivity index (χ1) is 11.5. The number of anilines is 1. The molecule has 0 amide bonds. The van der Waals surface area contributed by atoms with Gasteiger partial charge in [0.2, 0.25) is 0 Å². The maximum absolute atomic E-state index is 12.9. The fraction of sp³-hybridized carbons (Fsp3) is 0.533. The van der Waals surface area contributed by atoms with Gasteiger partial charge in [0.25, 0.3) is 0 Å². The van der Waals surface area contributed by atoms with Crippen LogP contribution in [0.15, 0.2) is 18.2 Å². The number of aromatic nitrogens is 4. The van der Waals surface area contributed by atoms with Crippen molar-refractivity contribution in [2.75, 3.05) is 11.9 Å². The quantitative estimate of drug-likeness (QED) is 0.795. The van der Waals surface area contributed by atoms with Crippen LogP contribution in [0, 0.1) is 0 Å². The predicted octanol–water partition coefficient (Wildman–Crippen LogP) is 3.50. The number of aryl methyl sites for hydroxylation is 1. The third-order valence-electron chi connectivity index (χ3n) is 3.25. The Morgan fingerprint density at radius 2 is 2.00 bits per heavy atom. The Bertz CT molecular complexity index is 657. The Morgan fingerprint density at radius 1 is 1.21 bits per heavy atom. The second-order valence-electron chi connectivity index (χ2n) is 5.23. The van der Waals surface area contributed by atoms with Crippen molar-refractivity contribution >= 4 is 5.69 Å². The minimum absolute atomic E-state index is 0.205. The number of rotatable bonds is 8. The second-order valence-corrected chi connectivity index (χ2v) is 5.23. The minimum atomic E-state index is -4.41. The van der Waals surface area contributed by atoms with Gasteiger partial charge in [0.1, 0.15) is 5.75 Å². The zero-order valence-electron chi connectivity index (χ0n) is 13.6. The van der Waals surface area contributed by atoms with Crippen LogP contribution in [0.4, 0.5) is 18.9 Å². The predicted molar refractivity (Wildman–Crippen MR) is 82.7 cm³/mol. The van der Waals surface area contributed by atoms with Gasteiger partial charge < -0.3 is 10.1 Å². The Morgan fingerprint density at radius 3 is 2.67 bits per heavy atom. The van der Waals surface area contributed by atoms with Crippen molar-refractivity contribution < 1.29 is 17.9 Å². The summed E-state index contributed by atoms with van der Waals surface area (Å²) in [6, 6.07) is 3.38. The lowest BCUT2D eigenvalue weighted by molar-refractivity contribution is -0.137. The van der Waals surface area contributed by atoms with Crippen LogP contribution in [0.3, 0.4) is 0 Å². The van der Waals surface area contributed by atoms with E-state index in [1.807, 2.05) is 13.8 Å². The van der Waals surface area contributed by atoms with Crippen LogP contribution in [0.1, 0.15) is 38.1 Å². The number of ether oxygens (including phenoxy) is 1. The maximum Gasteiger partial charge on any atom is 0.416 e. The Hall–Kier alpha value is -2.32. The van der Waals surface area contributed by atoms with Crippen molar-refractivity contribution in [3.8, 4) is 5.75 Å². The molecular weight excluding hydrogens is 323 g/mol. The smallest absolute Gasteiger partial charge is 0.416 e. The first kappa shape index (κ1) is 18.0. The molecule has 2 aromatic rings. The van der Waals surface area contributed by atoms with Gasteiger partial charge in [-0.05, 0) is 41.5 Å². The molecule has 0 aliphatic heterocycles. The SMILES string of the molecule is CCCOc1ccc(C(F)(F)F)cc1NCc1nnnn1CCC. The molecule has 9 heteroatoms. The summed E-state index contributed by atoms with van der Waals surface area (Å²) in [5, 5.41) is 14.3. The topological polar surface area (TPSA) is 64.9 Å². The van der Waals surface area contributed by atoms with E-state index in [2.05, 4.69) is 20.8 Å². The average molecular weight is 343 g/mol. The number of nitrogens with one attached hydrogen (secondary N) is 1. The molecule has 0 atom stereocenters. The molecule has 1 heterocycles. The molecule has 0 spiro atoms. The molecule has 6 nitrogen and oxygen atoms in total. The number of hydrogen-bond acceptors (Lipinski definition) is 5. The molecule has 1 aromatic heterocycles. The molecule has 0 saturated heterocycles. The zero-order valence-corrected chi connectivity index (χ0v) is 13.6. The highest BCUT2D eigenvalue weighted by Crippen LogP contribution is 2.35. The Labute approximate surface area is 138 Å². The second kappa shape index (κ2) is 7.98. The number of halogens is 3. The summed E-state index contributed by atoms with van der Waals surface area (Å²) in [4.78, 5) is 0. The van der Waals surface area contributed by atoms with E-state index in [1.54, 1.807) is 4.68 Å². The van der Waals surface area contributed by atoms with Crippen LogP contribution >= 0.6 is 0 Å². The van der Waals surface area contributed by atoms with Gasteiger partial charge in [-0.1, -0.05) is 13.8 Å². The van der Waals surface area contributed by atoms with Gasteiger partial charge in [-0.3, -0.25) is 0 Å². The van der Waals surface area contributed by atoms with E-state index in [1.165, 1.54) is 6.07 Å². The van der Waals surface area contributed by atoms with Crippen LogP contribution in [0.5, 0.6) is 5.75 Å². The van der Waals surface area contributed by atoms with Gasteiger partial charge in [0, 0.05) is 6.54 Å². The van der Waals surface area contributed by atoms with E-state index >= 15 is 0 Å². The molecule has 1 N–H and O–H groups in total. The lowest BCUT2D eigenvalue weighted by Crippen LogP contribution is -2.12. The molecule has 0 radical (unpaired) electrons.